The molecular formula is C18H17N3O3S2. The molecule has 0 aliphatic heterocycles. The van der Waals surface area contributed by atoms with E-state index in [1.807, 2.05) is 30.3 Å². The number of anilines is 1. The number of aromatic carboxylic acids is 1. The van der Waals surface area contributed by atoms with Gasteiger partial charge in [0.15, 0.2) is 0 Å². The van der Waals surface area contributed by atoms with Crippen molar-refractivity contribution >= 4 is 51.1 Å². The van der Waals surface area contributed by atoms with Crippen LogP contribution in [0, 0.1) is 0 Å². The zero-order chi connectivity index (χ0) is 18.7. The second-order valence-electron chi connectivity index (χ2n) is 5.79. The lowest BCUT2D eigenvalue weighted by atomic mass is 10.1. The van der Waals surface area contributed by atoms with E-state index in [1.165, 1.54) is 16.7 Å². The number of carbonyl (C=O) groups excluding carboxylic acids is 1. The van der Waals surface area contributed by atoms with Gasteiger partial charge in [0.2, 0.25) is 0 Å². The standard InChI is InChI=1S/C18H17N3O3S2/c1-21(2)18(24)19-15-14(17(22)23)16(20-26-15)25-10-11-7-8-12-5-3-4-6-13(12)9-11/h3-9H,10H2,1-2H3,(H,19,24)(H,22,23). The third-order valence-electron chi connectivity index (χ3n) is 3.69. The Balaban J connectivity index is 1.79. The van der Waals surface area contributed by atoms with Crippen LogP contribution in [0.15, 0.2) is 47.5 Å². The summed E-state index contributed by atoms with van der Waals surface area (Å²) in [5.41, 5.74) is 1.12. The van der Waals surface area contributed by atoms with Crippen molar-refractivity contribution in [2.45, 2.75) is 10.8 Å². The largest absolute Gasteiger partial charge is 0.477 e. The lowest BCUT2D eigenvalue weighted by Crippen LogP contribution is -2.27. The number of amides is 2. The van der Waals surface area contributed by atoms with Gasteiger partial charge in [-0.05, 0) is 27.9 Å². The van der Waals surface area contributed by atoms with E-state index >= 15 is 0 Å². The summed E-state index contributed by atoms with van der Waals surface area (Å²) in [6.07, 6.45) is 0. The summed E-state index contributed by atoms with van der Waals surface area (Å²) in [4.78, 5) is 24.8. The SMILES string of the molecule is CN(C)C(=O)Nc1snc(SCc2ccc3ccccc3c2)c1C(=O)O. The van der Waals surface area contributed by atoms with Crippen LogP contribution in [-0.4, -0.2) is 40.5 Å². The molecule has 0 saturated heterocycles. The van der Waals surface area contributed by atoms with Crippen molar-refractivity contribution in [1.29, 1.82) is 0 Å². The molecule has 0 saturated carbocycles. The first-order valence-electron chi connectivity index (χ1n) is 7.77. The summed E-state index contributed by atoms with van der Waals surface area (Å²) in [6.45, 7) is 0. The molecule has 1 aromatic heterocycles. The molecule has 2 aromatic carbocycles. The van der Waals surface area contributed by atoms with Crippen molar-refractivity contribution in [3.05, 3.63) is 53.6 Å². The third kappa shape index (κ3) is 3.97. The number of fused-ring (bicyclic) bond motifs is 1. The number of nitrogens with one attached hydrogen (secondary N) is 1. The van der Waals surface area contributed by atoms with E-state index in [0.29, 0.717) is 10.8 Å². The van der Waals surface area contributed by atoms with E-state index in [9.17, 15) is 14.7 Å². The van der Waals surface area contributed by atoms with Gasteiger partial charge in [-0.25, -0.2) is 9.59 Å². The normalized spacial score (nSPS) is 10.7. The fraction of sp³-hybridized carbons (Fsp3) is 0.167. The number of aromatic nitrogens is 1. The van der Waals surface area contributed by atoms with Crippen LogP contribution in [0.2, 0.25) is 0 Å². The van der Waals surface area contributed by atoms with Crippen LogP contribution >= 0.6 is 23.3 Å². The fourth-order valence-electron chi connectivity index (χ4n) is 2.34. The first kappa shape index (κ1) is 18.2. The van der Waals surface area contributed by atoms with Crippen molar-refractivity contribution in [2.75, 3.05) is 19.4 Å². The predicted molar refractivity (Wildman–Crippen MR) is 105 cm³/mol. The third-order valence-corrected chi connectivity index (χ3v) is 5.62. The highest BCUT2D eigenvalue weighted by Crippen LogP contribution is 2.34. The minimum atomic E-state index is -1.10. The molecule has 2 amide bonds. The van der Waals surface area contributed by atoms with E-state index in [2.05, 4.69) is 21.8 Å². The quantitative estimate of drug-likeness (QED) is 0.635. The summed E-state index contributed by atoms with van der Waals surface area (Å²) in [7, 11) is 3.18. The lowest BCUT2D eigenvalue weighted by molar-refractivity contribution is 0.0694. The second-order valence-corrected chi connectivity index (χ2v) is 7.53. The number of carboxylic acids is 1. The number of urea groups is 1. The highest BCUT2D eigenvalue weighted by atomic mass is 32.2. The Morgan fingerprint density at radius 2 is 1.92 bits per heavy atom. The van der Waals surface area contributed by atoms with Gasteiger partial charge in [-0.15, -0.1) is 0 Å². The molecule has 3 aromatic rings. The number of carbonyl (C=O) groups is 2. The maximum atomic E-state index is 11.8. The number of hydrogen-bond acceptors (Lipinski definition) is 5. The average Bonchev–Trinajstić information content (AvgIpc) is 3.02. The Labute approximate surface area is 159 Å². The van der Waals surface area contributed by atoms with Crippen LogP contribution in [0.4, 0.5) is 9.80 Å². The second kappa shape index (κ2) is 7.76. The molecule has 0 atom stereocenters. The number of benzene rings is 2. The molecule has 0 spiro atoms. The fourth-order valence-corrected chi connectivity index (χ4v) is 4.21. The van der Waals surface area contributed by atoms with Crippen molar-refractivity contribution in [3.8, 4) is 0 Å². The van der Waals surface area contributed by atoms with Gasteiger partial charge in [0.05, 0.1) is 0 Å². The first-order chi connectivity index (χ1) is 12.5. The van der Waals surface area contributed by atoms with Crippen molar-refractivity contribution in [1.82, 2.24) is 9.27 Å². The van der Waals surface area contributed by atoms with Crippen LogP contribution in [0.1, 0.15) is 15.9 Å². The summed E-state index contributed by atoms with van der Waals surface area (Å²) in [5.74, 6) is -0.510. The van der Waals surface area contributed by atoms with Gasteiger partial charge in [0.1, 0.15) is 15.6 Å². The van der Waals surface area contributed by atoms with Crippen LogP contribution < -0.4 is 5.32 Å². The van der Waals surface area contributed by atoms with Crippen molar-refractivity contribution in [3.63, 3.8) is 0 Å². The van der Waals surface area contributed by atoms with E-state index in [0.717, 1.165) is 27.9 Å². The minimum Gasteiger partial charge on any atom is -0.477 e. The van der Waals surface area contributed by atoms with Gasteiger partial charge >= 0.3 is 12.0 Å². The van der Waals surface area contributed by atoms with Gasteiger partial charge < -0.3 is 10.0 Å². The zero-order valence-electron chi connectivity index (χ0n) is 14.2. The van der Waals surface area contributed by atoms with E-state index in [-0.39, 0.29) is 16.6 Å². The topological polar surface area (TPSA) is 82.5 Å². The van der Waals surface area contributed by atoms with Gasteiger partial charge in [0.25, 0.3) is 0 Å². The lowest BCUT2D eigenvalue weighted by Gasteiger charge is -2.10. The number of carboxylic acid groups (broad SMARTS) is 1. The smallest absolute Gasteiger partial charge is 0.341 e. The molecule has 2 N–H and O–H groups in total. The maximum absolute atomic E-state index is 11.8. The molecule has 0 aliphatic carbocycles. The molecule has 0 bridgehead atoms. The van der Waals surface area contributed by atoms with E-state index in [4.69, 9.17) is 0 Å². The van der Waals surface area contributed by atoms with Gasteiger partial charge in [-0.1, -0.05) is 54.2 Å². The Kier molecular flexibility index (Phi) is 5.43. The number of nitrogens with zero attached hydrogens (tertiary/aromatic N) is 2. The highest BCUT2D eigenvalue weighted by molar-refractivity contribution is 7.98. The zero-order valence-corrected chi connectivity index (χ0v) is 15.9. The molecule has 0 fully saturated rings. The Bertz CT molecular complexity index is 969. The first-order valence-corrected chi connectivity index (χ1v) is 9.53. The van der Waals surface area contributed by atoms with Crippen LogP contribution in [-0.2, 0) is 5.75 Å². The summed E-state index contributed by atoms with van der Waals surface area (Å²) in [6, 6.07) is 13.9. The molecular weight excluding hydrogens is 370 g/mol. The Morgan fingerprint density at radius 3 is 2.62 bits per heavy atom. The molecule has 1 heterocycles. The van der Waals surface area contributed by atoms with Gasteiger partial charge in [-0.2, -0.15) is 4.37 Å². The minimum absolute atomic E-state index is 0.0380. The van der Waals surface area contributed by atoms with Crippen molar-refractivity contribution in [2.24, 2.45) is 0 Å². The monoisotopic (exact) mass is 387 g/mol. The van der Waals surface area contributed by atoms with Crippen molar-refractivity contribution < 1.29 is 14.7 Å². The number of hydrogen-bond donors (Lipinski definition) is 2. The van der Waals surface area contributed by atoms with Gasteiger partial charge in [0, 0.05) is 19.8 Å². The van der Waals surface area contributed by atoms with Gasteiger partial charge in [-0.3, -0.25) is 5.32 Å². The highest BCUT2D eigenvalue weighted by Gasteiger charge is 2.22. The maximum Gasteiger partial charge on any atom is 0.341 e. The molecule has 26 heavy (non-hydrogen) atoms. The molecule has 8 heteroatoms. The average molecular weight is 387 g/mol. The Morgan fingerprint density at radius 1 is 1.19 bits per heavy atom. The molecule has 134 valence electrons. The molecule has 3 rings (SSSR count). The van der Waals surface area contributed by atoms with Crippen LogP contribution in [0.25, 0.3) is 10.8 Å². The predicted octanol–water partition coefficient (Wildman–Crippen LogP) is 4.38. The Hall–Kier alpha value is -2.58. The molecule has 0 aliphatic rings. The number of thioether (sulfide) groups is 1. The van der Waals surface area contributed by atoms with E-state index in [1.54, 1.807) is 14.1 Å². The molecule has 0 radical (unpaired) electrons. The molecule has 6 nitrogen and oxygen atoms in total. The number of rotatable bonds is 5. The summed E-state index contributed by atoms with van der Waals surface area (Å²) < 4.78 is 4.22. The summed E-state index contributed by atoms with van der Waals surface area (Å²) in [5, 5.41) is 15.1. The van der Waals surface area contributed by atoms with Crippen LogP contribution in [0.5, 0.6) is 0 Å². The van der Waals surface area contributed by atoms with Crippen LogP contribution in [0.3, 0.4) is 0 Å². The van der Waals surface area contributed by atoms with E-state index < -0.39 is 5.97 Å². The summed E-state index contributed by atoms with van der Waals surface area (Å²) >= 11 is 2.32. The molecule has 0 unspecified atom stereocenters.